The second kappa shape index (κ2) is 7.83. The molecule has 0 aromatic heterocycles. The Morgan fingerprint density at radius 2 is 1.79 bits per heavy atom. The molecule has 168 valence electrons. The number of fused-ring (bicyclic) bond motifs is 2. The quantitative estimate of drug-likeness (QED) is 0.509. The average Bonchev–Trinajstić information content (AvgIpc) is 3.28. The molecule has 0 fully saturated rings. The van der Waals surface area contributed by atoms with Gasteiger partial charge in [0.05, 0.1) is 17.7 Å². The van der Waals surface area contributed by atoms with Crippen LogP contribution >= 0.6 is 11.6 Å². The zero-order valence-electron chi connectivity index (χ0n) is 17.7. The molecule has 3 aromatic carbocycles. The Kier molecular flexibility index (Phi) is 5.07. The van der Waals surface area contributed by atoms with Gasteiger partial charge in [-0.1, -0.05) is 41.9 Å². The molecule has 2 aliphatic heterocycles. The third kappa shape index (κ3) is 3.25. The van der Waals surface area contributed by atoms with Crippen molar-refractivity contribution in [2.24, 2.45) is 0 Å². The average molecular weight is 484 g/mol. The summed E-state index contributed by atoms with van der Waals surface area (Å²) in [5.41, 5.74) is 1.98. The summed E-state index contributed by atoms with van der Waals surface area (Å²) >= 11 is 6.32. The van der Waals surface area contributed by atoms with Crippen LogP contribution in [0.5, 0.6) is 11.5 Å². The maximum Gasteiger partial charge on any atom is 0.356 e. The Morgan fingerprint density at radius 3 is 2.58 bits per heavy atom. The van der Waals surface area contributed by atoms with Crippen molar-refractivity contribution in [3.63, 3.8) is 0 Å². The van der Waals surface area contributed by atoms with Crippen LogP contribution in [0.25, 0.3) is 5.57 Å². The summed E-state index contributed by atoms with van der Waals surface area (Å²) in [5.74, 6) is 0.263. The molecule has 0 radical (unpaired) electrons. The van der Waals surface area contributed by atoms with E-state index in [1.807, 2.05) is 0 Å². The van der Waals surface area contributed by atoms with Crippen LogP contribution in [0.2, 0.25) is 5.02 Å². The monoisotopic (exact) mass is 483 g/mol. The Morgan fingerprint density at radius 1 is 1.03 bits per heavy atom. The van der Waals surface area contributed by atoms with E-state index in [4.69, 9.17) is 25.8 Å². The van der Waals surface area contributed by atoms with E-state index in [1.54, 1.807) is 61.5 Å². The highest BCUT2D eigenvalue weighted by molar-refractivity contribution is 7.93. The van der Waals surface area contributed by atoms with Crippen LogP contribution in [-0.4, -0.2) is 28.3 Å². The fraction of sp³-hybridized carbons (Fsp3) is 0.125. The Labute approximate surface area is 195 Å². The smallest absolute Gasteiger partial charge is 0.356 e. The number of esters is 1. The minimum Gasteiger partial charge on any atom is -0.464 e. The molecule has 7 nitrogen and oxygen atoms in total. The number of carbonyl (C=O) groups is 1. The first kappa shape index (κ1) is 21.4. The van der Waals surface area contributed by atoms with Crippen LogP contribution in [0, 0.1) is 6.92 Å². The van der Waals surface area contributed by atoms with Crippen molar-refractivity contribution in [2.45, 2.75) is 11.8 Å². The molecule has 0 bridgehead atoms. The Balaban J connectivity index is 1.91. The zero-order chi connectivity index (χ0) is 23.3. The molecule has 0 saturated heterocycles. The minimum absolute atomic E-state index is 0.0599. The molecule has 0 unspecified atom stereocenters. The number of hydrogen-bond acceptors (Lipinski definition) is 6. The first-order chi connectivity index (χ1) is 15.8. The van der Waals surface area contributed by atoms with Gasteiger partial charge in [0, 0.05) is 16.2 Å². The van der Waals surface area contributed by atoms with Crippen LogP contribution < -0.4 is 13.8 Å². The Bertz CT molecular complexity index is 1450. The predicted molar refractivity (Wildman–Crippen MR) is 123 cm³/mol. The topological polar surface area (TPSA) is 82.1 Å². The van der Waals surface area contributed by atoms with Gasteiger partial charge >= 0.3 is 5.97 Å². The highest BCUT2D eigenvalue weighted by atomic mass is 35.5. The number of nitrogens with zero attached hydrogens (tertiary/aromatic N) is 1. The van der Waals surface area contributed by atoms with Crippen molar-refractivity contribution < 1.29 is 27.4 Å². The zero-order valence-corrected chi connectivity index (χ0v) is 19.2. The molecule has 5 rings (SSSR count). The van der Waals surface area contributed by atoms with Crippen molar-refractivity contribution in [3.8, 4) is 11.5 Å². The molecular weight excluding hydrogens is 466 g/mol. The van der Waals surface area contributed by atoms with Crippen LogP contribution in [0.3, 0.4) is 0 Å². The number of hydrogen-bond donors (Lipinski definition) is 0. The molecule has 9 heteroatoms. The van der Waals surface area contributed by atoms with E-state index in [0.29, 0.717) is 38.8 Å². The summed E-state index contributed by atoms with van der Waals surface area (Å²) in [7, 11) is -2.96. The summed E-state index contributed by atoms with van der Waals surface area (Å²) < 4.78 is 44.7. The largest absolute Gasteiger partial charge is 0.464 e. The molecule has 2 aliphatic rings. The summed E-state index contributed by atoms with van der Waals surface area (Å²) in [5, 5.41) is 0.371. The number of sulfonamides is 1. The van der Waals surface area contributed by atoms with Gasteiger partial charge in [0.25, 0.3) is 10.0 Å². The maximum absolute atomic E-state index is 13.9. The van der Waals surface area contributed by atoms with Crippen molar-refractivity contribution in [3.05, 3.63) is 88.1 Å². The number of rotatable bonds is 3. The van der Waals surface area contributed by atoms with Gasteiger partial charge in [-0.05, 0) is 48.4 Å². The van der Waals surface area contributed by atoms with Crippen molar-refractivity contribution >= 4 is 38.9 Å². The number of benzene rings is 3. The van der Waals surface area contributed by atoms with Crippen molar-refractivity contribution in [2.75, 3.05) is 18.2 Å². The van der Waals surface area contributed by atoms with Gasteiger partial charge in [0.15, 0.2) is 17.2 Å². The van der Waals surface area contributed by atoms with Crippen LogP contribution in [-0.2, 0) is 19.6 Å². The molecule has 0 spiro atoms. The second-order valence-electron chi connectivity index (χ2n) is 7.43. The molecule has 2 heterocycles. The summed E-state index contributed by atoms with van der Waals surface area (Å²) in [6.07, 6.45) is 0. The number of halogens is 1. The molecule has 0 atom stereocenters. The lowest BCUT2D eigenvalue weighted by Crippen LogP contribution is -2.39. The van der Waals surface area contributed by atoms with E-state index in [2.05, 4.69) is 0 Å². The van der Waals surface area contributed by atoms with Crippen LogP contribution in [0.4, 0.5) is 5.69 Å². The second-order valence-corrected chi connectivity index (χ2v) is 9.60. The van der Waals surface area contributed by atoms with Gasteiger partial charge in [-0.3, -0.25) is 0 Å². The lowest BCUT2D eigenvalue weighted by Gasteiger charge is -2.34. The standard InChI is InChI=1S/C24H18ClNO6S/c1-14-17(25)7-5-8-18(14)26-23(24(27)30-2)22(15-10-11-19-20(12-15)32-13-31-19)16-6-3-4-9-21(16)33(26,28)29/h3-12H,13H2,1-2H3. The van der Waals surface area contributed by atoms with Gasteiger partial charge in [0.1, 0.15) is 0 Å². The SMILES string of the molecule is COC(=O)C1=C(c2ccc3c(c2)OCO3)c2ccccc2S(=O)(=O)N1c1cccc(Cl)c1C. The third-order valence-electron chi connectivity index (χ3n) is 5.61. The molecule has 3 aromatic rings. The normalized spacial score (nSPS) is 15.9. The number of methoxy groups -OCH3 is 1. The van der Waals surface area contributed by atoms with Gasteiger partial charge in [0.2, 0.25) is 6.79 Å². The van der Waals surface area contributed by atoms with Crippen molar-refractivity contribution in [1.29, 1.82) is 0 Å². The van der Waals surface area contributed by atoms with E-state index in [9.17, 15) is 13.2 Å². The first-order valence-corrected chi connectivity index (χ1v) is 11.8. The summed E-state index contributed by atoms with van der Waals surface area (Å²) in [6, 6.07) is 16.6. The maximum atomic E-state index is 13.9. The molecule has 0 amide bonds. The highest BCUT2D eigenvalue weighted by Gasteiger charge is 2.42. The number of anilines is 1. The van der Waals surface area contributed by atoms with Crippen LogP contribution in [0.15, 0.2) is 71.3 Å². The van der Waals surface area contributed by atoms with E-state index >= 15 is 0 Å². The van der Waals surface area contributed by atoms with Gasteiger partial charge in [-0.2, -0.15) is 0 Å². The van der Waals surface area contributed by atoms with Gasteiger partial charge < -0.3 is 14.2 Å². The van der Waals surface area contributed by atoms with E-state index in [-0.39, 0.29) is 23.1 Å². The molecular formula is C24H18ClNO6S. The highest BCUT2D eigenvalue weighted by Crippen LogP contribution is 2.46. The van der Waals surface area contributed by atoms with Crippen LogP contribution in [0.1, 0.15) is 16.7 Å². The lowest BCUT2D eigenvalue weighted by atomic mass is 9.94. The third-order valence-corrected chi connectivity index (χ3v) is 7.79. The fourth-order valence-corrected chi connectivity index (χ4v) is 5.97. The molecule has 33 heavy (non-hydrogen) atoms. The van der Waals surface area contributed by atoms with E-state index < -0.39 is 16.0 Å². The predicted octanol–water partition coefficient (Wildman–Crippen LogP) is 4.52. The fourth-order valence-electron chi connectivity index (χ4n) is 4.04. The summed E-state index contributed by atoms with van der Waals surface area (Å²) in [4.78, 5) is 13.2. The Hall–Kier alpha value is -3.49. The number of carbonyl (C=O) groups excluding carboxylic acids is 1. The molecule has 0 aliphatic carbocycles. The van der Waals surface area contributed by atoms with E-state index in [0.717, 1.165) is 4.31 Å². The molecule has 0 N–H and O–H groups in total. The lowest BCUT2D eigenvalue weighted by molar-refractivity contribution is -0.136. The first-order valence-electron chi connectivity index (χ1n) is 9.97. The van der Waals surface area contributed by atoms with E-state index in [1.165, 1.54) is 13.2 Å². The molecule has 0 saturated carbocycles. The summed E-state index contributed by atoms with van der Waals surface area (Å²) in [6.45, 7) is 1.78. The van der Waals surface area contributed by atoms with Gasteiger partial charge in [-0.15, -0.1) is 0 Å². The number of ether oxygens (including phenoxy) is 3. The van der Waals surface area contributed by atoms with Gasteiger partial charge in [-0.25, -0.2) is 17.5 Å². The van der Waals surface area contributed by atoms with Crippen molar-refractivity contribution in [1.82, 2.24) is 0 Å². The minimum atomic E-state index is -4.17.